The summed E-state index contributed by atoms with van der Waals surface area (Å²) in [4.78, 5) is 0. The van der Waals surface area contributed by atoms with Crippen LogP contribution in [0.3, 0.4) is 0 Å². The van der Waals surface area contributed by atoms with Crippen LogP contribution in [0.15, 0.2) is 18.2 Å². The maximum atomic E-state index is 13.3. The maximum absolute atomic E-state index is 13.3. The molecule has 1 N–H and O–H groups in total. The van der Waals surface area contributed by atoms with E-state index in [2.05, 4.69) is 0 Å². The fourth-order valence-corrected chi connectivity index (χ4v) is 1.02. The highest BCUT2D eigenvalue weighted by molar-refractivity contribution is 5.28. The summed E-state index contributed by atoms with van der Waals surface area (Å²) in [6.07, 6.45) is 0. The molecular formula is C11H15FO2. The van der Waals surface area contributed by atoms with Crippen LogP contribution >= 0.6 is 0 Å². The SMILES string of the molecule is CC(C)COc1ccc(CO)cc1F. The average Bonchev–Trinajstić information content (AvgIpc) is 2.15. The number of ether oxygens (including phenoxy) is 1. The van der Waals surface area contributed by atoms with Crippen LogP contribution in [0, 0.1) is 11.7 Å². The van der Waals surface area contributed by atoms with Crippen molar-refractivity contribution in [2.24, 2.45) is 5.92 Å². The molecule has 1 aromatic rings. The minimum Gasteiger partial charge on any atom is -0.490 e. The van der Waals surface area contributed by atoms with E-state index in [0.29, 0.717) is 18.1 Å². The lowest BCUT2D eigenvalue weighted by Gasteiger charge is -2.09. The predicted molar refractivity (Wildman–Crippen MR) is 52.7 cm³/mol. The van der Waals surface area contributed by atoms with Crippen LogP contribution in [0.25, 0.3) is 0 Å². The molecule has 0 heterocycles. The van der Waals surface area contributed by atoms with Gasteiger partial charge in [-0.3, -0.25) is 0 Å². The lowest BCUT2D eigenvalue weighted by Crippen LogP contribution is -2.05. The third-order valence-corrected chi connectivity index (χ3v) is 1.75. The third-order valence-electron chi connectivity index (χ3n) is 1.75. The van der Waals surface area contributed by atoms with Gasteiger partial charge >= 0.3 is 0 Å². The van der Waals surface area contributed by atoms with Crippen molar-refractivity contribution in [2.75, 3.05) is 6.61 Å². The van der Waals surface area contributed by atoms with Gasteiger partial charge in [-0.25, -0.2) is 4.39 Å². The van der Waals surface area contributed by atoms with Gasteiger partial charge in [-0.2, -0.15) is 0 Å². The number of aliphatic hydroxyl groups excluding tert-OH is 1. The lowest BCUT2D eigenvalue weighted by atomic mass is 10.2. The summed E-state index contributed by atoms with van der Waals surface area (Å²) in [6.45, 7) is 4.34. The second-order valence-corrected chi connectivity index (χ2v) is 3.63. The van der Waals surface area contributed by atoms with Gasteiger partial charge in [0, 0.05) is 0 Å². The Kier molecular flexibility index (Phi) is 3.89. The molecule has 0 radical (unpaired) electrons. The van der Waals surface area contributed by atoms with E-state index in [4.69, 9.17) is 9.84 Å². The van der Waals surface area contributed by atoms with Crippen molar-refractivity contribution in [3.63, 3.8) is 0 Å². The Bertz CT molecular complexity index is 297. The van der Waals surface area contributed by atoms with Crippen molar-refractivity contribution in [3.8, 4) is 5.75 Å². The lowest BCUT2D eigenvalue weighted by molar-refractivity contribution is 0.257. The van der Waals surface area contributed by atoms with E-state index >= 15 is 0 Å². The molecule has 1 aromatic carbocycles. The quantitative estimate of drug-likeness (QED) is 0.804. The Balaban J connectivity index is 2.69. The normalized spacial score (nSPS) is 10.6. The zero-order valence-corrected chi connectivity index (χ0v) is 8.46. The molecule has 0 saturated carbocycles. The highest BCUT2D eigenvalue weighted by Crippen LogP contribution is 2.18. The summed E-state index contributed by atoms with van der Waals surface area (Å²) in [5.41, 5.74) is 0.555. The Morgan fingerprint density at radius 3 is 2.64 bits per heavy atom. The minimum atomic E-state index is -0.419. The molecule has 14 heavy (non-hydrogen) atoms. The zero-order valence-electron chi connectivity index (χ0n) is 8.46. The van der Waals surface area contributed by atoms with Crippen LogP contribution in [-0.2, 0) is 6.61 Å². The van der Waals surface area contributed by atoms with E-state index in [-0.39, 0.29) is 12.4 Å². The third kappa shape index (κ3) is 3.00. The molecule has 0 unspecified atom stereocenters. The second kappa shape index (κ2) is 4.96. The van der Waals surface area contributed by atoms with E-state index in [1.165, 1.54) is 6.07 Å². The van der Waals surface area contributed by atoms with Gasteiger partial charge in [-0.15, -0.1) is 0 Å². The zero-order chi connectivity index (χ0) is 10.6. The Labute approximate surface area is 83.3 Å². The minimum absolute atomic E-state index is 0.151. The summed E-state index contributed by atoms with van der Waals surface area (Å²) in [5.74, 6) is 0.194. The number of rotatable bonds is 4. The number of hydrogen-bond donors (Lipinski definition) is 1. The number of hydrogen-bond acceptors (Lipinski definition) is 2. The molecule has 1 rings (SSSR count). The second-order valence-electron chi connectivity index (χ2n) is 3.63. The van der Waals surface area contributed by atoms with Gasteiger partial charge in [0.25, 0.3) is 0 Å². The van der Waals surface area contributed by atoms with Gasteiger partial charge in [0.15, 0.2) is 11.6 Å². The maximum Gasteiger partial charge on any atom is 0.165 e. The molecule has 0 aromatic heterocycles. The Morgan fingerprint density at radius 2 is 2.14 bits per heavy atom. The van der Waals surface area contributed by atoms with Crippen LogP contribution in [0.5, 0.6) is 5.75 Å². The van der Waals surface area contributed by atoms with Crippen molar-refractivity contribution < 1.29 is 14.2 Å². The first-order valence-electron chi connectivity index (χ1n) is 4.65. The van der Waals surface area contributed by atoms with Gasteiger partial charge < -0.3 is 9.84 Å². The average molecular weight is 198 g/mol. The van der Waals surface area contributed by atoms with E-state index in [9.17, 15) is 4.39 Å². The molecular weight excluding hydrogens is 183 g/mol. The Hall–Kier alpha value is -1.09. The van der Waals surface area contributed by atoms with Crippen LogP contribution in [0.4, 0.5) is 4.39 Å². The molecule has 78 valence electrons. The first-order chi connectivity index (χ1) is 6.63. The molecule has 0 aliphatic heterocycles. The van der Waals surface area contributed by atoms with Gasteiger partial charge in [0.2, 0.25) is 0 Å². The van der Waals surface area contributed by atoms with Crippen molar-refractivity contribution in [2.45, 2.75) is 20.5 Å². The van der Waals surface area contributed by atoms with Crippen LogP contribution in [0.1, 0.15) is 19.4 Å². The van der Waals surface area contributed by atoms with Crippen molar-refractivity contribution in [1.29, 1.82) is 0 Å². The van der Waals surface area contributed by atoms with Crippen LogP contribution < -0.4 is 4.74 Å². The standard InChI is InChI=1S/C11H15FO2/c1-8(2)7-14-11-4-3-9(6-13)5-10(11)12/h3-5,8,13H,6-7H2,1-2H3. The molecule has 0 aliphatic carbocycles. The number of aliphatic hydroxyl groups is 1. The Morgan fingerprint density at radius 1 is 1.43 bits per heavy atom. The fraction of sp³-hybridized carbons (Fsp3) is 0.455. The molecule has 0 bridgehead atoms. The summed E-state index contributed by atoms with van der Waals surface area (Å²) in [6, 6.07) is 4.48. The first-order valence-corrected chi connectivity index (χ1v) is 4.65. The molecule has 0 amide bonds. The molecule has 0 aliphatic rings. The van der Waals surface area contributed by atoms with E-state index in [1.807, 2.05) is 13.8 Å². The van der Waals surface area contributed by atoms with E-state index in [0.717, 1.165) is 0 Å². The predicted octanol–water partition coefficient (Wildman–Crippen LogP) is 2.35. The monoisotopic (exact) mass is 198 g/mol. The molecule has 0 fully saturated rings. The number of benzene rings is 1. The van der Waals surface area contributed by atoms with Crippen molar-refractivity contribution >= 4 is 0 Å². The molecule has 0 atom stereocenters. The highest BCUT2D eigenvalue weighted by Gasteiger charge is 2.04. The van der Waals surface area contributed by atoms with Gasteiger partial charge in [0.05, 0.1) is 13.2 Å². The van der Waals surface area contributed by atoms with Crippen molar-refractivity contribution in [3.05, 3.63) is 29.6 Å². The van der Waals surface area contributed by atoms with Crippen LogP contribution in [0.2, 0.25) is 0 Å². The topological polar surface area (TPSA) is 29.5 Å². The molecule has 3 heteroatoms. The van der Waals surface area contributed by atoms with E-state index in [1.54, 1.807) is 12.1 Å². The smallest absolute Gasteiger partial charge is 0.165 e. The number of halogens is 1. The highest BCUT2D eigenvalue weighted by atomic mass is 19.1. The molecule has 0 spiro atoms. The van der Waals surface area contributed by atoms with Crippen LogP contribution in [-0.4, -0.2) is 11.7 Å². The summed E-state index contributed by atoms with van der Waals surface area (Å²) >= 11 is 0. The van der Waals surface area contributed by atoms with Gasteiger partial charge in [-0.1, -0.05) is 19.9 Å². The van der Waals surface area contributed by atoms with E-state index < -0.39 is 5.82 Å². The first kappa shape index (κ1) is 11.0. The van der Waals surface area contributed by atoms with Gasteiger partial charge in [0.1, 0.15) is 0 Å². The summed E-state index contributed by atoms with van der Waals surface area (Å²) in [7, 11) is 0. The molecule has 0 saturated heterocycles. The van der Waals surface area contributed by atoms with Gasteiger partial charge in [-0.05, 0) is 23.6 Å². The fourth-order valence-electron chi connectivity index (χ4n) is 1.02. The summed E-state index contributed by atoms with van der Waals surface area (Å²) < 4.78 is 18.5. The summed E-state index contributed by atoms with van der Waals surface area (Å²) in [5, 5.41) is 8.76. The largest absolute Gasteiger partial charge is 0.490 e. The van der Waals surface area contributed by atoms with Crippen molar-refractivity contribution in [1.82, 2.24) is 0 Å². The molecule has 2 nitrogen and oxygen atoms in total.